The van der Waals surface area contributed by atoms with Crippen molar-refractivity contribution in [2.24, 2.45) is 0 Å². The van der Waals surface area contributed by atoms with Crippen LogP contribution in [0.25, 0.3) is 0 Å². The molecule has 1 amide bonds. The fraction of sp³-hybridized carbons (Fsp3) is 0.150. The molecule has 2 aromatic heterocycles. The number of aromatic nitrogens is 2. The van der Waals surface area contributed by atoms with Gasteiger partial charge in [-0.25, -0.2) is 0 Å². The summed E-state index contributed by atoms with van der Waals surface area (Å²) in [5.41, 5.74) is 3.01. The average molecular weight is 362 g/mol. The highest BCUT2D eigenvalue weighted by atomic mass is 16.7. The number of rotatable bonds is 6. The number of amides is 1. The minimum atomic E-state index is -0.243. The zero-order valence-electron chi connectivity index (χ0n) is 14.5. The van der Waals surface area contributed by atoms with Crippen molar-refractivity contribution in [1.29, 1.82) is 0 Å². The van der Waals surface area contributed by atoms with Gasteiger partial charge in [0.2, 0.25) is 6.79 Å². The van der Waals surface area contributed by atoms with E-state index < -0.39 is 0 Å². The number of anilines is 1. The third-order valence-electron chi connectivity index (χ3n) is 4.08. The van der Waals surface area contributed by atoms with Gasteiger partial charge in [0.25, 0.3) is 5.91 Å². The van der Waals surface area contributed by atoms with Gasteiger partial charge in [0.05, 0.1) is 12.2 Å². The van der Waals surface area contributed by atoms with E-state index in [0.717, 1.165) is 28.4 Å². The number of carbonyl (C=O) groups is 1. The quantitative estimate of drug-likeness (QED) is 0.701. The Morgan fingerprint density at radius 1 is 0.963 bits per heavy atom. The molecule has 3 heterocycles. The molecule has 0 saturated carbocycles. The first kappa shape index (κ1) is 16.8. The lowest BCUT2D eigenvalue weighted by atomic mass is 10.2. The zero-order chi connectivity index (χ0) is 18.5. The highest BCUT2D eigenvalue weighted by molar-refractivity contribution is 5.93. The fourth-order valence-electron chi connectivity index (χ4n) is 2.68. The molecule has 0 atom stereocenters. The molecule has 0 unspecified atom stereocenters. The fourth-order valence-corrected chi connectivity index (χ4v) is 2.68. The normalized spacial score (nSPS) is 11.9. The van der Waals surface area contributed by atoms with Crippen LogP contribution in [0, 0.1) is 0 Å². The maximum atomic E-state index is 12.3. The molecule has 2 N–H and O–H groups in total. The van der Waals surface area contributed by atoms with Gasteiger partial charge in [-0.1, -0.05) is 12.1 Å². The molecule has 0 fully saturated rings. The monoisotopic (exact) mass is 362 g/mol. The standard InChI is InChI=1S/C20H18N4O3/c25-20(24-12-16-3-1-2-7-21-16)17-10-15(6-8-22-17)23-11-14-4-5-18-19(9-14)27-13-26-18/h1-10H,11-13H2,(H,22,23)(H,24,25). The van der Waals surface area contributed by atoms with Crippen LogP contribution in [0.1, 0.15) is 21.7 Å². The van der Waals surface area contributed by atoms with Crippen molar-refractivity contribution < 1.29 is 14.3 Å². The Hall–Kier alpha value is -3.61. The molecule has 27 heavy (non-hydrogen) atoms. The molecule has 7 nitrogen and oxygen atoms in total. The first-order valence-electron chi connectivity index (χ1n) is 8.54. The number of ether oxygens (including phenoxy) is 2. The summed E-state index contributed by atoms with van der Waals surface area (Å²) < 4.78 is 10.7. The van der Waals surface area contributed by atoms with Crippen LogP contribution in [0.5, 0.6) is 11.5 Å². The van der Waals surface area contributed by atoms with Crippen molar-refractivity contribution in [2.45, 2.75) is 13.1 Å². The van der Waals surface area contributed by atoms with Crippen LogP contribution in [0.15, 0.2) is 60.9 Å². The molecular weight excluding hydrogens is 344 g/mol. The number of carbonyl (C=O) groups excluding carboxylic acids is 1. The van der Waals surface area contributed by atoms with E-state index in [1.807, 2.05) is 42.5 Å². The zero-order valence-corrected chi connectivity index (χ0v) is 14.5. The van der Waals surface area contributed by atoms with Gasteiger partial charge in [0, 0.05) is 24.6 Å². The lowest BCUT2D eigenvalue weighted by Crippen LogP contribution is -2.24. The summed E-state index contributed by atoms with van der Waals surface area (Å²) in [5.74, 6) is 1.26. The van der Waals surface area contributed by atoms with Crippen LogP contribution in [0.3, 0.4) is 0 Å². The summed E-state index contributed by atoms with van der Waals surface area (Å²) in [5, 5.41) is 6.11. The van der Waals surface area contributed by atoms with Crippen molar-refractivity contribution in [3.8, 4) is 11.5 Å². The van der Waals surface area contributed by atoms with E-state index in [1.54, 1.807) is 18.5 Å². The number of pyridine rings is 2. The number of fused-ring (bicyclic) bond motifs is 1. The van der Waals surface area contributed by atoms with E-state index in [0.29, 0.717) is 18.8 Å². The Kier molecular flexibility index (Phi) is 4.82. The Labute approximate surface area is 156 Å². The maximum absolute atomic E-state index is 12.3. The molecule has 1 aromatic carbocycles. The summed E-state index contributed by atoms with van der Waals surface area (Å²) >= 11 is 0. The van der Waals surface area contributed by atoms with Crippen molar-refractivity contribution in [3.63, 3.8) is 0 Å². The largest absolute Gasteiger partial charge is 0.454 e. The predicted molar refractivity (Wildman–Crippen MR) is 99.5 cm³/mol. The van der Waals surface area contributed by atoms with Gasteiger partial charge >= 0.3 is 0 Å². The van der Waals surface area contributed by atoms with Gasteiger partial charge in [-0.2, -0.15) is 0 Å². The molecule has 0 aliphatic carbocycles. The highest BCUT2D eigenvalue weighted by Gasteiger charge is 2.13. The number of benzene rings is 1. The lowest BCUT2D eigenvalue weighted by Gasteiger charge is -2.09. The SMILES string of the molecule is O=C(NCc1ccccn1)c1cc(NCc2ccc3c(c2)OCO3)ccn1. The highest BCUT2D eigenvalue weighted by Crippen LogP contribution is 2.32. The van der Waals surface area contributed by atoms with Crippen LogP contribution in [0.2, 0.25) is 0 Å². The van der Waals surface area contributed by atoms with Crippen LogP contribution in [-0.4, -0.2) is 22.7 Å². The number of nitrogens with one attached hydrogen (secondary N) is 2. The first-order chi connectivity index (χ1) is 13.3. The van der Waals surface area contributed by atoms with Gasteiger partial charge < -0.3 is 20.1 Å². The Bertz CT molecular complexity index is 947. The predicted octanol–water partition coefficient (Wildman–Crippen LogP) is 2.75. The molecule has 1 aliphatic rings. The van der Waals surface area contributed by atoms with E-state index in [4.69, 9.17) is 9.47 Å². The second kappa shape index (κ2) is 7.74. The van der Waals surface area contributed by atoms with Crippen LogP contribution < -0.4 is 20.1 Å². The van der Waals surface area contributed by atoms with Crippen molar-refractivity contribution >= 4 is 11.6 Å². The third kappa shape index (κ3) is 4.14. The smallest absolute Gasteiger partial charge is 0.270 e. The summed E-state index contributed by atoms with van der Waals surface area (Å²) in [7, 11) is 0. The van der Waals surface area contributed by atoms with E-state index in [1.165, 1.54) is 0 Å². The first-order valence-corrected chi connectivity index (χ1v) is 8.54. The molecule has 0 spiro atoms. The minimum absolute atomic E-state index is 0.243. The molecular formula is C20H18N4O3. The van der Waals surface area contributed by atoms with Crippen molar-refractivity contribution in [3.05, 3.63) is 77.9 Å². The third-order valence-corrected chi connectivity index (χ3v) is 4.08. The maximum Gasteiger partial charge on any atom is 0.270 e. The Balaban J connectivity index is 1.36. The van der Waals surface area contributed by atoms with Gasteiger partial charge in [-0.05, 0) is 42.0 Å². The van der Waals surface area contributed by atoms with E-state index in [-0.39, 0.29) is 12.7 Å². The molecule has 0 saturated heterocycles. The molecule has 0 radical (unpaired) electrons. The van der Waals surface area contributed by atoms with Crippen molar-refractivity contribution in [1.82, 2.24) is 15.3 Å². The molecule has 1 aliphatic heterocycles. The molecule has 4 rings (SSSR count). The van der Waals surface area contributed by atoms with Gasteiger partial charge in [0.15, 0.2) is 11.5 Å². The summed E-state index contributed by atoms with van der Waals surface area (Å²) in [6.45, 7) is 1.21. The second-order valence-electron chi connectivity index (χ2n) is 5.97. The topological polar surface area (TPSA) is 85.4 Å². The summed E-state index contributed by atoms with van der Waals surface area (Å²) in [6, 6.07) is 14.9. The van der Waals surface area contributed by atoms with Crippen LogP contribution in [-0.2, 0) is 13.1 Å². The van der Waals surface area contributed by atoms with Crippen LogP contribution >= 0.6 is 0 Å². The minimum Gasteiger partial charge on any atom is -0.454 e. The van der Waals surface area contributed by atoms with Crippen molar-refractivity contribution in [2.75, 3.05) is 12.1 Å². The summed E-state index contributed by atoms with van der Waals surface area (Å²) in [4.78, 5) is 20.6. The Morgan fingerprint density at radius 3 is 2.78 bits per heavy atom. The number of hydrogen-bond donors (Lipinski definition) is 2. The number of hydrogen-bond acceptors (Lipinski definition) is 6. The van der Waals surface area contributed by atoms with Crippen LogP contribution in [0.4, 0.5) is 5.69 Å². The summed E-state index contributed by atoms with van der Waals surface area (Å²) in [6.07, 6.45) is 3.30. The lowest BCUT2D eigenvalue weighted by molar-refractivity contribution is 0.0945. The van der Waals surface area contributed by atoms with E-state index in [9.17, 15) is 4.79 Å². The van der Waals surface area contributed by atoms with Gasteiger partial charge in [0.1, 0.15) is 5.69 Å². The van der Waals surface area contributed by atoms with Gasteiger partial charge in [-0.15, -0.1) is 0 Å². The molecule has 3 aromatic rings. The average Bonchev–Trinajstić information content (AvgIpc) is 3.19. The molecule has 136 valence electrons. The number of nitrogens with zero attached hydrogens (tertiary/aromatic N) is 2. The van der Waals surface area contributed by atoms with E-state index in [2.05, 4.69) is 20.6 Å². The molecule has 7 heteroatoms. The molecule has 0 bridgehead atoms. The Morgan fingerprint density at radius 2 is 1.89 bits per heavy atom. The van der Waals surface area contributed by atoms with E-state index >= 15 is 0 Å². The second-order valence-corrected chi connectivity index (χ2v) is 5.97. The van der Waals surface area contributed by atoms with Gasteiger partial charge in [-0.3, -0.25) is 14.8 Å².